The van der Waals surface area contributed by atoms with Crippen LogP contribution in [0.5, 0.6) is 0 Å². The molecule has 1 aliphatic heterocycles. The first-order valence-electron chi connectivity index (χ1n) is 6.56. The van der Waals surface area contributed by atoms with Gasteiger partial charge in [0.05, 0.1) is 0 Å². The van der Waals surface area contributed by atoms with E-state index in [-0.39, 0.29) is 17.3 Å². The Kier molecular flexibility index (Phi) is 4.03. The number of hydrogen-bond acceptors (Lipinski definition) is 4. The summed E-state index contributed by atoms with van der Waals surface area (Å²) in [6.07, 6.45) is 0.879. The summed E-state index contributed by atoms with van der Waals surface area (Å²) in [5.74, 6) is 1.53. The predicted molar refractivity (Wildman–Crippen MR) is 71.1 cm³/mol. The van der Waals surface area contributed by atoms with Gasteiger partial charge in [0.25, 0.3) is 0 Å². The normalized spacial score (nSPS) is 25.7. The number of sulfonamides is 1. The van der Waals surface area contributed by atoms with E-state index in [1.807, 2.05) is 0 Å². The maximum absolute atomic E-state index is 12.6. The first-order chi connectivity index (χ1) is 8.86. The van der Waals surface area contributed by atoms with Gasteiger partial charge in [-0.05, 0) is 25.2 Å². The van der Waals surface area contributed by atoms with Gasteiger partial charge in [-0.15, -0.1) is 0 Å². The van der Waals surface area contributed by atoms with E-state index in [0.717, 1.165) is 6.42 Å². The van der Waals surface area contributed by atoms with E-state index >= 15 is 0 Å². The van der Waals surface area contributed by atoms with Crippen LogP contribution in [0.2, 0.25) is 0 Å². The van der Waals surface area contributed by atoms with Gasteiger partial charge in [0.2, 0.25) is 10.0 Å². The highest BCUT2D eigenvalue weighted by Gasteiger charge is 2.33. The molecule has 1 aromatic heterocycles. The first kappa shape index (κ1) is 14.6. The highest BCUT2D eigenvalue weighted by molar-refractivity contribution is 7.89. The largest absolute Gasteiger partial charge is 0.462 e. The number of nitrogens with zero attached hydrogens (tertiary/aromatic N) is 1. The monoisotopic (exact) mass is 287 g/mol. The minimum atomic E-state index is -3.51. The molecule has 2 rings (SSSR count). The number of aliphatic hydroxyl groups excluding tert-OH is 1. The molecule has 0 radical (unpaired) electrons. The number of hydrogen-bond donors (Lipinski definition) is 1. The molecule has 0 bridgehead atoms. The lowest BCUT2D eigenvalue weighted by atomic mass is 9.90. The van der Waals surface area contributed by atoms with Crippen LogP contribution < -0.4 is 0 Å². The molecule has 2 atom stereocenters. The second-order valence-corrected chi connectivity index (χ2v) is 7.30. The lowest BCUT2D eigenvalue weighted by Crippen LogP contribution is -2.42. The second kappa shape index (κ2) is 5.26. The van der Waals surface area contributed by atoms with Crippen molar-refractivity contribution in [2.24, 2.45) is 11.8 Å². The first-order valence-corrected chi connectivity index (χ1v) is 8.00. The molecule has 2 heterocycles. The number of furan rings is 1. The molecule has 0 amide bonds. The summed E-state index contributed by atoms with van der Waals surface area (Å²) in [5, 5.41) is 9.03. The lowest BCUT2D eigenvalue weighted by molar-refractivity contribution is 0.212. The summed E-state index contributed by atoms with van der Waals surface area (Å²) in [6, 6.07) is 1.42. The fourth-order valence-corrected chi connectivity index (χ4v) is 4.18. The molecule has 2 unspecified atom stereocenters. The molecular formula is C13H21NO4S. The quantitative estimate of drug-likeness (QED) is 0.919. The Morgan fingerprint density at radius 3 is 2.63 bits per heavy atom. The van der Waals surface area contributed by atoms with Gasteiger partial charge in [0.1, 0.15) is 23.0 Å². The van der Waals surface area contributed by atoms with Crippen LogP contribution in [0.15, 0.2) is 15.4 Å². The lowest BCUT2D eigenvalue weighted by Gasteiger charge is -2.34. The van der Waals surface area contributed by atoms with Crippen LogP contribution in [0.1, 0.15) is 31.8 Å². The van der Waals surface area contributed by atoms with Gasteiger partial charge in [-0.25, -0.2) is 8.42 Å². The average Bonchev–Trinajstić information content (AvgIpc) is 2.74. The molecule has 0 saturated carbocycles. The van der Waals surface area contributed by atoms with Crippen molar-refractivity contribution in [1.82, 2.24) is 4.31 Å². The molecule has 0 aliphatic carbocycles. The highest BCUT2D eigenvalue weighted by atomic mass is 32.2. The van der Waals surface area contributed by atoms with Crippen LogP contribution in [0.25, 0.3) is 0 Å². The van der Waals surface area contributed by atoms with Crippen LogP contribution >= 0.6 is 0 Å². The molecule has 1 N–H and O–H groups in total. The third-order valence-corrected chi connectivity index (χ3v) is 5.97. The maximum atomic E-state index is 12.6. The molecule has 1 aromatic rings. The van der Waals surface area contributed by atoms with Crippen molar-refractivity contribution in [3.8, 4) is 0 Å². The zero-order chi connectivity index (χ0) is 14.2. The van der Waals surface area contributed by atoms with E-state index in [2.05, 4.69) is 13.8 Å². The Bertz CT molecular complexity index is 549. The number of piperidine rings is 1. The van der Waals surface area contributed by atoms with Crippen LogP contribution in [0.4, 0.5) is 0 Å². The van der Waals surface area contributed by atoms with Crippen molar-refractivity contribution in [3.63, 3.8) is 0 Å². The molecule has 0 aromatic carbocycles. The van der Waals surface area contributed by atoms with Crippen molar-refractivity contribution < 1.29 is 17.9 Å². The molecule has 0 spiro atoms. The molecule has 1 saturated heterocycles. The Labute approximate surface area is 114 Å². The molecule has 5 nitrogen and oxygen atoms in total. The Morgan fingerprint density at radius 1 is 1.42 bits per heavy atom. The Hall–Kier alpha value is -0.850. The fourth-order valence-electron chi connectivity index (χ4n) is 2.44. The van der Waals surface area contributed by atoms with Crippen molar-refractivity contribution in [1.29, 1.82) is 0 Å². The molecular weight excluding hydrogens is 266 g/mol. The highest BCUT2D eigenvalue weighted by Crippen LogP contribution is 2.29. The van der Waals surface area contributed by atoms with Gasteiger partial charge in [0, 0.05) is 19.2 Å². The summed E-state index contributed by atoms with van der Waals surface area (Å²) >= 11 is 0. The van der Waals surface area contributed by atoms with Crippen molar-refractivity contribution in [3.05, 3.63) is 17.6 Å². The summed E-state index contributed by atoms with van der Waals surface area (Å²) in [7, 11) is -3.51. The second-order valence-electron chi connectivity index (χ2n) is 5.40. The van der Waals surface area contributed by atoms with E-state index in [9.17, 15) is 8.42 Å². The van der Waals surface area contributed by atoms with Crippen LogP contribution in [0.3, 0.4) is 0 Å². The van der Waals surface area contributed by atoms with Gasteiger partial charge in [-0.3, -0.25) is 0 Å². The Morgan fingerprint density at radius 2 is 2.11 bits per heavy atom. The molecule has 1 fully saturated rings. The molecule has 19 heavy (non-hydrogen) atoms. The zero-order valence-corrected chi connectivity index (χ0v) is 12.4. The van der Waals surface area contributed by atoms with Crippen molar-refractivity contribution in [2.75, 3.05) is 13.1 Å². The molecule has 6 heteroatoms. The smallest absolute Gasteiger partial charge is 0.246 e. The third-order valence-electron chi connectivity index (χ3n) is 3.99. The minimum Gasteiger partial charge on any atom is -0.462 e. The summed E-state index contributed by atoms with van der Waals surface area (Å²) in [5.41, 5.74) is 0. The van der Waals surface area contributed by atoms with Crippen LogP contribution in [0, 0.1) is 18.8 Å². The van der Waals surface area contributed by atoms with Crippen molar-refractivity contribution in [2.45, 2.75) is 38.7 Å². The SMILES string of the molecule is Cc1oc(CO)cc1S(=O)(=O)N1CCC(C)C(C)C1. The maximum Gasteiger partial charge on any atom is 0.246 e. The topological polar surface area (TPSA) is 70.8 Å². The number of aryl methyl sites for hydroxylation is 1. The van der Waals surface area contributed by atoms with E-state index < -0.39 is 10.0 Å². The van der Waals surface area contributed by atoms with Crippen LogP contribution in [-0.4, -0.2) is 30.9 Å². The number of aliphatic hydroxyl groups is 1. The van der Waals surface area contributed by atoms with Gasteiger partial charge >= 0.3 is 0 Å². The third kappa shape index (κ3) is 2.70. The van der Waals surface area contributed by atoms with Crippen LogP contribution in [-0.2, 0) is 16.6 Å². The van der Waals surface area contributed by atoms with E-state index in [0.29, 0.717) is 30.7 Å². The van der Waals surface area contributed by atoms with Gasteiger partial charge in [-0.1, -0.05) is 13.8 Å². The van der Waals surface area contributed by atoms with E-state index in [1.54, 1.807) is 6.92 Å². The van der Waals surface area contributed by atoms with Gasteiger partial charge < -0.3 is 9.52 Å². The summed E-state index contributed by atoms with van der Waals surface area (Å²) in [4.78, 5) is 0.179. The minimum absolute atomic E-state index is 0.179. The zero-order valence-electron chi connectivity index (χ0n) is 11.6. The average molecular weight is 287 g/mol. The Balaban J connectivity index is 2.29. The predicted octanol–water partition coefficient (Wildman–Crippen LogP) is 1.75. The molecule has 1 aliphatic rings. The fraction of sp³-hybridized carbons (Fsp3) is 0.692. The summed E-state index contributed by atoms with van der Waals surface area (Å²) < 4.78 is 31.9. The van der Waals surface area contributed by atoms with Crippen molar-refractivity contribution >= 4 is 10.0 Å². The van der Waals surface area contributed by atoms with Gasteiger partial charge in [0.15, 0.2) is 0 Å². The van der Waals surface area contributed by atoms with Gasteiger partial charge in [-0.2, -0.15) is 4.31 Å². The summed E-state index contributed by atoms with van der Waals surface area (Å²) in [6.45, 7) is 6.65. The number of rotatable bonds is 3. The molecule has 108 valence electrons. The standard InChI is InChI=1S/C13H21NO4S/c1-9-4-5-14(7-10(9)2)19(16,17)13-6-12(8-15)18-11(13)3/h6,9-10,15H,4-5,7-8H2,1-3H3. The van der Waals surface area contributed by atoms with E-state index in [1.165, 1.54) is 10.4 Å². The van der Waals surface area contributed by atoms with E-state index in [4.69, 9.17) is 9.52 Å².